The standard InChI is InChI=1S/C14H15N3O2/c1-19-13-7-5-10-4-6-11(16-14(10)17-13)15-12(18)8-9-2-3-9/h4-7,9H,2-3,8H2,1H3,(H,15,16,17,18). The summed E-state index contributed by atoms with van der Waals surface area (Å²) in [5.74, 6) is 1.65. The highest BCUT2D eigenvalue weighted by Crippen LogP contribution is 2.32. The third-order valence-electron chi connectivity index (χ3n) is 3.17. The number of ether oxygens (including phenoxy) is 1. The van der Waals surface area contributed by atoms with Gasteiger partial charge in [0.2, 0.25) is 11.8 Å². The van der Waals surface area contributed by atoms with E-state index in [1.54, 1.807) is 19.2 Å². The lowest BCUT2D eigenvalue weighted by atomic mass is 10.2. The highest BCUT2D eigenvalue weighted by Gasteiger charge is 2.24. The first-order chi connectivity index (χ1) is 9.24. The van der Waals surface area contributed by atoms with E-state index in [0.717, 1.165) is 18.2 Å². The molecule has 1 aliphatic rings. The van der Waals surface area contributed by atoms with Crippen molar-refractivity contribution >= 4 is 22.8 Å². The topological polar surface area (TPSA) is 64.1 Å². The number of hydrogen-bond acceptors (Lipinski definition) is 4. The fourth-order valence-corrected chi connectivity index (χ4v) is 1.94. The zero-order valence-electron chi connectivity index (χ0n) is 10.7. The Balaban J connectivity index is 1.80. The summed E-state index contributed by atoms with van der Waals surface area (Å²) >= 11 is 0. The van der Waals surface area contributed by atoms with Gasteiger partial charge in [-0.05, 0) is 37.0 Å². The first-order valence-corrected chi connectivity index (χ1v) is 6.36. The Bertz CT molecular complexity index is 623. The minimum atomic E-state index is 0.0252. The van der Waals surface area contributed by atoms with Crippen molar-refractivity contribution in [2.24, 2.45) is 5.92 Å². The summed E-state index contributed by atoms with van der Waals surface area (Å²) in [7, 11) is 1.56. The van der Waals surface area contributed by atoms with Crippen molar-refractivity contribution < 1.29 is 9.53 Å². The van der Waals surface area contributed by atoms with E-state index < -0.39 is 0 Å². The second kappa shape index (κ2) is 4.84. The van der Waals surface area contributed by atoms with Crippen LogP contribution in [0.25, 0.3) is 11.0 Å². The fraction of sp³-hybridized carbons (Fsp3) is 0.357. The van der Waals surface area contributed by atoms with Gasteiger partial charge in [0.25, 0.3) is 0 Å². The lowest BCUT2D eigenvalue weighted by Gasteiger charge is -2.05. The largest absolute Gasteiger partial charge is 0.481 e. The second-order valence-electron chi connectivity index (χ2n) is 4.79. The number of carbonyl (C=O) groups excluding carboxylic acids is 1. The minimum absolute atomic E-state index is 0.0252. The zero-order chi connectivity index (χ0) is 13.2. The summed E-state index contributed by atoms with van der Waals surface area (Å²) in [6.45, 7) is 0. The van der Waals surface area contributed by atoms with Gasteiger partial charge in [0.1, 0.15) is 5.82 Å². The molecule has 5 nitrogen and oxygen atoms in total. The molecule has 1 amide bonds. The molecule has 2 heterocycles. The molecule has 0 bridgehead atoms. The Hall–Kier alpha value is -2.17. The first kappa shape index (κ1) is 11.9. The molecule has 1 N–H and O–H groups in total. The lowest BCUT2D eigenvalue weighted by molar-refractivity contribution is -0.116. The van der Waals surface area contributed by atoms with Crippen LogP contribution in [0.4, 0.5) is 5.82 Å². The summed E-state index contributed by atoms with van der Waals surface area (Å²) < 4.78 is 5.07. The highest BCUT2D eigenvalue weighted by atomic mass is 16.5. The molecular formula is C14H15N3O2. The first-order valence-electron chi connectivity index (χ1n) is 6.36. The third-order valence-corrected chi connectivity index (χ3v) is 3.17. The summed E-state index contributed by atoms with van der Waals surface area (Å²) in [5.41, 5.74) is 0.573. The van der Waals surface area contributed by atoms with Crippen molar-refractivity contribution in [1.29, 1.82) is 0 Å². The predicted octanol–water partition coefficient (Wildman–Crippen LogP) is 2.38. The molecule has 0 radical (unpaired) electrons. The van der Waals surface area contributed by atoms with Crippen LogP contribution in [0.15, 0.2) is 24.3 Å². The zero-order valence-corrected chi connectivity index (χ0v) is 10.7. The summed E-state index contributed by atoms with van der Waals surface area (Å²) in [4.78, 5) is 20.3. The van der Waals surface area contributed by atoms with E-state index >= 15 is 0 Å². The number of methoxy groups -OCH3 is 1. The highest BCUT2D eigenvalue weighted by molar-refractivity contribution is 5.91. The number of fused-ring (bicyclic) bond motifs is 1. The number of hydrogen-bond donors (Lipinski definition) is 1. The molecule has 1 fully saturated rings. The molecule has 0 aliphatic heterocycles. The fourth-order valence-electron chi connectivity index (χ4n) is 1.94. The maximum Gasteiger partial charge on any atom is 0.225 e. The maximum absolute atomic E-state index is 11.7. The summed E-state index contributed by atoms with van der Waals surface area (Å²) in [5, 5.41) is 3.73. The molecular weight excluding hydrogens is 242 g/mol. The van der Waals surface area contributed by atoms with Crippen LogP contribution in [0.2, 0.25) is 0 Å². The van der Waals surface area contributed by atoms with E-state index in [-0.39, 0.29) is 5.91 Å². The van der Waals surface area contributed by atoms with Crippen LogP contribution in [-0.4, -0.2) is 23.0 Å². The van der Waals surface area contributed by atoms with Crippen molar-refractivity contribution in [3.8, 4) is 5.88 Å². The smallest absolute Gasteiger partial charge is 0.225 e. The Morgan fingerprint density at radius 3 is 2.84 bits per heavy atom. The van der Waals surface area contributed by atoms with Crippen LogP contribution in [0.3, 0.4) is 0 Å². The molecule has 19 heavy (non-hydrogen) atoms. The number of nitrogens with one attached hydrogen (secondary N) is 1. The molecule has 0 atom stereocenters. The molecule has 0 spiro atoms. The quantitative estimate of drug-likeness (QED) is 0.913. The molecule has 2 aromatic heterocycles. The van der Waals surface area contributed by atoms with E-state index in [1.165, 1.54) is 0 Å². The van der Waals surface area contributed by atoms with Crippen molar-refractivity contribution in [3.05, 3.63) is 24.3 Å². The number of amides is 1. The minimum Gasteiger partial charge on any atom is -0.481 e. The van der Waals surface area contributed by atoms with Gasteiger partial charge < -0.3 is 10.1 Å². The van der Waals surface area contributed by atoms with Gasteiger partial charge in [-0.25, -0.2) is 4.98 Å². The molecule has 3 rings (SSSR count). The van der Waals surface area contributed by atoms with Crippen LogP contribution >= 0.6 is 0 Å². The van der Waals surface area contributed by atoms with Crippen molar-refractivity contribution in [1.82, 2.24) is 9.97 Å². The average molecular weight is 257 g/mol. The molecule has 1 saturated carbocycles. The van der Waals surface area contributed by atoms with Gasteiger partial charge in [-0.1, -0.05) is 0 Å². The number of aromatic nitrogens is 2. The number of pyridine rings is 2. The Labute approximate surface area is 111 Å². The van der Waals surface area contributed by atoms with Gasteiger partial charge in [0.05, 0.1) is 7.11 Å². The summed E-state index contributed by atoms with van der Waals surface area (Å²) in [6.07, 6.45) is 2.92. The molecule has 98 valence electrons. The van der Waals surface area contributed by atoms with E-state index in [1.807, 2.05) is 12.1 Å². The normalized spacial score (nSPS) is 14.4. The average Bonchev–Trinajstić information content (AvgIpc) is 3.21. The number of anilines is 1. The Morgan fingerprint density at radius 2 is 2.11 bits per heavy atom. The van der Waals surface area contributed by atoms with Crippen molar-refractivity contribution in [2.75, 3.05) is 12.4 Å². The van der Waals surface area contributed by atoms with Crippen molar-refractivity contribution in [3.63, 3.8) is 0 Å². The molecule has 1 aliphatic carbocycles. The van der Waals surface area contributed by atoms with Gasteiger partial charge in [-0.3, -0.25) is 4.79 Å². The van der Waals surface area contributed by atoms with E-state index in [0.29, 0.717) is 29.7 Å². The predicted molar refractivity (Wildman–Crippen MR) is 72.1 cm³/mol. The second-order valence-corrected chi connectivity index (χ2v) is 4.79. The van der Waals surface area contributed by atoms with Crippen molar-refractivity contribution in [2.45, 2.75) is 19.3 Å². The SMILES string of the molecule is COc1ccc2ccc(NC(=O)CC3CC3)nc2n1. The van der Waals surface area contributed by atoms with E-state index in [2.05, 4.69) is 15.3 Å². The lowest BCUT2D eigenvalue weighted by Crippen LogP contribution is -2.13. The Kier molecular flexibility index (Phi) is 3.03. The molecule has 0 unspecified atom stereocenters. The monoisotopic (exact) mass is 257 g/mol. The number of rotatable bonds is 4. The van der Waals surface area contributed by atoms with Gasteiger partial charge in [0.15, 0.2) is 5.65 Å². The molecule has 2 aromatic rings. The number of carbonyl (C=O) groups is 1. The van der Waals surface area contributed by atoms with Crippen LogP contribution in [-0.2, 0) is 4.79 Å². The van der Waals surface area contributed by atoms with E-state index in [9.17, 15) is 4.79 Å². The van der Waals surface area contributed by atoms with Crippen LogP contribution in [0.1, 0.15) is 19.3 Å². The van der Waals surface area contributed by atoms with Gasteiger partial charge in [-0.2, -0.15) is 4.98 Å². The summed E-state index contributed by atoms with van der Waals surface area (Å²) in [6, 6.07) is 7.36. The van der Waals surface area contributed by atoms with E-state index in [4.69, 9.17) is 4.74 Å². The maximum atomic E-state index is 11.7. The van der Waals surface area contributed by atoms with Gasteiger partial charge in [-0.15, -0.1) is 0 Å². The van der Waals surface area contributed by atoms with Crippen LogP contribution in [0.5, 0.6) is 5.88 Å². The van der Waals surface area contributed by atoms with Gasteiger partial charge in [0, 0.05) is 17.9 Å². The Morgan fingerprint density at radius 1 is 1.32 bits per heavy atom. The molecule has 0 aromatic carbocycles. The van der Waals surface area contributed by atoms with Crippen LogP contribution < -0.4 is 10.1 Å². The van der Waals surface area contributed by atoms with Crippen LogP contribution in [0, 0.1) is 5.92 Å². The van der Waals surface area contributed by atoms with Gasteiger partial charge >= 0.3 is 0 Å². The number of nitrogens with zero attached hydrogens (tertiary/aromatic N) is 2. The molecule has 0 saturated heterocycles. The third kappa shape index (κ3) is 2.81. The molecule has 5 heteroatoms.